The van der Waals surface area contributed by atoms with Crippen LogP contribution in [-0.2, 0) is 0 Å². The van der Waals surface area contributed by atoms with Gasteiger partial charge in [0.2, 0.25) is 0 Å². The van der Waals surface area contributed by atoms with Crippen LogP contribution in [0, 0.1) is 26.0 Å². The second-order valence-electron chi connectivity index (χ2n) is 7.19. The van der Waals surface area contributed by atoms with Crippen LogP contribution in [0.5, 0.6) is 0 Å². The van der Waals surface area contributed by atoms with Crippen molar-refractivity contribution in [3.63, 3.8) is 0 Å². The maximum atomic E-state index is 13.5. The lowest BCUT2D eigenvalue weighted by molar-refractivity contribution is -0.385. The van der Waals surface area contributed by atoms with Crippen molar-refractivity contribution >= 4 is 17.1 Å². The fourth-order valence-corrected chi connectivity index (χ4v) is 4.08. The zero-order chi connectivity index (χ0) is 21.3. The van der Waals surface area contributed by atoms with Crippen LogP contribution in [0.4, 0.5) is 21.5 Å². The van der Waals surface area contributed by atoms with Gasteiger partial charge >= 0.3 is 0 Å². The number of nitrogens with zero attached hydrogens (tertiary/aromatic N) is 3. The minimum Gasteiger partial charge on any atom is -0.357 e. The van der Waals surface area contributed by atoms with E-state index in [0.717, 1.165) is 29.7 Å². The Bertz CT molecular complexity index is 1000. The molecule has 0 aliphatic carbocycles. The summed E-state index contributed by atoms with van der Waals surface area (Å²) in [5, 5.41) is 22.0. The number of nitro groups is 2. The summed E-state index contributed by atoms with van der Waals surface area (Å²) in [6.07, 6.45) is 1.58. The quantitative estimate of drug-likeness (QED) is 0.398. The molecule has 30 heavy (non-hydrogen) atoms. The number of non-ortho nitro benzene ring substituents is 2. The van der Waals surface area contributed by atoms with Crippen molar-refractivity contribution in [2.45, 2.75) is 24.9 Å². The average Bonchev–Trinajstić information content (AvgIpc) is 3.19. The van der Waals surface area contributed by atoms with E-state index in [1.165, 1.54) is 36.4 Å². The van der Waals surface area contributed by atoms with Crippen LogP contribution in [0.15, 0.2) is 72.8 Å². The van der Waals surface area contributed by atoms with E-state index in [1.54, 1.807) is 36.4 Å². The van der Waals surface area contributed by atoms with Gasteiger partial charge in [-0.05, 0) is 48.2 Å². The van der Waals surface area contributed by atoms with Crippen molar-refractivity contribution in [2.24, 2.45) is 0 Å². The first-order valence-corrected chi connectivity index (χ1v) is 9.46. The first-order chi connectivity index (χ1) is 14.4. The predicted molar refractivity (Wildman–Crippen MR) is 110 cm³/mol. The van der Waals surface area contributed by atoms with Gasteiger partial charge in [-0.15, -0.1) is 0 Å². The highest BCUT2D eigenvalue weighted by atomic mass is 19.1. The van der Waals surface area contributed by atoms with Gasteiger partial charge in [-0.2, -0.15) is 0 Å². The Kier molecular flexibility index (Phi) is 5.14. The topological polar surface area (TPSA) is 89.5 Å². The van der Waals surface area contributed by atoms with Crippen LogP contribution in [0.3, 0.4) is 0 Å². The van der Waals surface area contributed by atoms with Gasteiger partial charge in [0.25, 0.3) is 11.4 Å². The highest BCUT2D eigenvalue weighted by molar-refractivity contribution is 5.54. The minimum absolute atomic E-state index is 0.0250. The lowest BCUT2D eigenvalue weighted by atomic mass is 10.0. The Hall–Kier alpha value is -3.81. The standard InChI is InChI=1S/C22H18FN3O4/c23-17-5-11-18(12-6-17)24-21(15-1-7-19(8-2-15)25(27)28)13-14-22(24)16-3-9-20(10-4-16)26(29)30/h1-12,21-22H,13-14H2. The zero-order valence-electron chi connectivity index (χ0n) is 15.8. The Morgan fingerprint density at radius 1 is 0.700 bits per heavy atom. The molecule has 0 radical (unpaired) electrons. The van der Waals surface area contributed by atoms with Gasteiger partial charge in [0.1, 0.15) is 5.82 Å². The molecular formula is C22H18FN3O4. The molecule has 1 saturated heterocycles. The number of hydrogen-bond acceptors (Lipinski definition) is 5. The molecule has 0 N–H and O–H groups in total. The largest absolute Gasteiger partial charge is 0.357 e. The van der Waals surface area contributed by atoms with E-state index in [1.807, 2.05) is 0 Å². The lowest BCUT2D eigenvalue weighted by Crippen LogP contribution is -2.26. The van der Waals surface area contributed by atoms with Gasteiger partial charge in [-0.25, -0.2) is 4.39 Å². The molecule has 0 aromatic heterocycles. The van der Waals surface area contributed by atoms with E-state index in [0.29, 0.717) is 0 Å². The molecule has 0 spiro atoms. The van der Waals surface area contributed by atoms with Gasteiger partial charge in [0.15, 0.2) is 0 Å². The van der Waals surface area contributed by atoms with Crippen molar-refractivity contribution in [3.8, 4) is 0 Å². The van der Waals surface area contributed by atoms with Gasteiger partial charge in [0.05, 0.1) is 21.9 Å². The molecule has 8 heteroatoms. The maximum absolute atomic E-state index is 13.5. The smallest absolute Gasteiger partial charge is 0.269 e. The van der Waals surface area contributed by atoms with Crippen LogP contribution in [0.25, 0.3) is 0 Å². The highest BCUT2D eigenvalue weighted by Gasteiger charge is 2.35. The highest BCUT2D eigenvalue weighted by Crippen LogP contribution is 2.47. The zero-order valence-corrected chi connectivity index (χ0v) is 15.8. The summed E-state index contributed by atoms with van der Waals surface area (Å²) in [5.74, 6) is -0.336. The minimum atomic E-state index is -0.435. The Balaban J connectivity index is 1.72. The van der Waals surface area contributed by atoms with Crippen molar-refractivity contribution in [1.82, 2.24) is 0 Å². The van der Waals surface area contributed by atoms with Crippen molar-refractivity contribution in [3.05, 3.63) is 110 Å². The molecule has 0 saturated carbocycles. The average molecular weight is 407 g/mol. The van der Waals surface area contributed by atoms with E-state index in [9.17, 15) is 24.6 Å². The molecule has 0 bridgehead atoms. The first-order valence-electron chi connectivity index (χ1n) is 9.46. The van der Waals surface area contributed by atoms with E-state index in [4.69, 9.17) is 0 Å². The third kappa shape index (κ3) is 3.71. The second kappa shape index (κ2) is 7.90. The Labute approximate surface area is 171 Å². The summed E-state index contributed by atoms with van der Waals surface area (Å²) in [4.78, 5) is 23.2. The molecule has 1 fully saturated rings. The molecule has 3 aromatic carbocycles. The predicted octanol–water partition coefficient (Wildman–Crippen LogP) is 5.72. The Morgan fingerprint density at radius 3 is 1.47 bits per heavy atom. The summed E-state index contributed by atoms with van der Waals surface area (Å²) in [6, 6.07) is 19.0. The summed E-state index contributed by atoms with van der Waals surface area (Å²) < 4.78 is 13.5. The van der Waals surface area contributed by atoms with Crippen LogP contribution < -0.4 is 4.90 Å². The van der Waals surface area contributed by atoms with Gasteiger partial charge < -0.3 is 4.90 Å². The molecule has 0 amide bonds. The number of rotatable bonds is 5. The van der Waals surface area contributed by atoms with Gasteiger partial charge in [0, 0.05) is 30.0 Å². The molecule has 4 rings (SSSR count). The number of halogens is 1. The van der Waals surface area contributed by atoms with E-state index < -0.39 is 9.85 Å². The summed E-state index contributed by atoms with van der Waals surface area (Å²) >= 11 is 0. The van der Waals surface area contributed by atoms with Gasteiger partial charge in [-0.1, -0.05) is 24.3 Å². The summed E-state index contributed by atoms with van der Waals surface area (Å²) in [7, 11) is 0. The van der Waals surface area contributed by atoms with Crippen LogP contribution in [-0.4, -0.2) is 9.85 Å². The van der Waals surface area contributed by atoms with Crippen molar-refractivity contribution in [1.29, 1.82) is 0 Å². The molecular weight excluding hydrogens is 389 g/mol. The second-order valence-corrected chi connectivity index (χ2v) is 7.19. The lowest BCUT2D eigenvalue weighted by Gasteiger charge is -2.33. The van der Waals surface area contributed by atoms with Crippen LogP contribution in [0.2, 0.25) is 0 Å². The molecule has 7 nitrogen and oxygen atoms in total. The monoisotopic (exact) mass is 407 g/mol. The van der Waals surface area contributed by atoms with Crippen molar-refractivity contribution in [2.75, 3.05) is 4.90 Å². The number of hydrogen-bond donors (Lipinski definition) is 0. The molecule has 2 unspecified atom stereocenters. The normalized spacial score (nSPS) is 18.4. The molecule has 152 valence electrons. The SMILES string of the molecule is O=[N+]([O-])c1ccc(C2CCC(c3ccc([N+](=O)[O-])cc3)N2c2ccc(F)cc2)cc1. The van der Waals surface area contributed by atoms with Crippen LogP contribution >= 0.6 is 0 Å². The molecule has 3 aromatic rings. The summed E-state index contributed by atoms with van der Waals surface area (Å²) in [6.45, 7) is 0. The van der Waals surface area contributed by atoms with Gasteiger partial charge in [-0.3, -0.25) is 20.2 Å². The molecule has 1 aliphatic rings. The third-order valence-electron chi connectivity index (χ3n) is 5.49. The number of nitro benzene ring substituents is 2. The van der Waals surface area contributed by atoms with E-state index in [-0.39, 0.29) is 29.3 Å². The van der Waals surface area contributed by atoms with Crippen LogP contribution in [0.1, 0.15) is 36.1 Å². The molecule has 2 atom stereocenters. The molecule has 1 aliphatic heterocycles. The first kappa shape index (κ1) is 19.5. The fourth-order valence-electron chi connectivity index (χ4n) is 4.08. The maximum Gasteiger partial charge on any atom is 0.269 e. The Morgan fingerprint density at radius 2 is 1.10 bits per heavy atom. The molecule has 1 heterocycles. The van der Waals surface area contributed by atoms with E-state index in [2.05, 4.69) is 4.90 Å². The number of benzene rings is 3. The summed E-state index contributed by atoms with van der Waals surface area (Å²) in [5.41, 5.74) is 2.72. The fraction of sp³-hybridized carbons (Fsp3) is 0.182. The number of anilines is 1. The third-order valence-corrected chi connectivity index (χ3v) is 5.49. The van der Waals surface area contributed by atoms with E-state index >= 15 is 0 Å². The van der Waals surface area contributed by atoms with Crippen molar-refractivity contribution < 1.29 is 14.2 Å².